The zero-order valence-corrected chi connectivity index (χ0v) is 15.7. The lowest BCUT2D eigenvalue weighted by atomic mass is 10.1. The third kappa shape index (κ3) is 3.03. The molecule has 6 heteroatoms. The van der Waals surface area contributed by atoms with Crippen LogP contribution in [0.2, 0.25) is 10.0 Å². The fourth-order valence-corrected chi connectivity index (χ4v) is 4.47. The van der Waals surface area contributed by atoms with Crippen molar-refractivity contribution in [1.29, 1.82) is 0 Å². The highest BCUT2D eigenvalue weighted by Crippen LogP contribution is 2.41. The number of H-pyrrole nitrogens is 1. The number of aromatic amines is 1. The number of nitrogens with zero attached hydrogens (tertiary/aromatic N) is 1. The maximum atomic E-state index is 12.3. The maximum absolute atomic E-state index is 12.3. The monoisotopic (exact) mass is 388 g/mol. The molecule has 0 spiro atoms. The van der Waals surface area contributed by atoms with Crippen molar-refractivity contribution in [2.45, 2.75) is 25.1 Å². The highest BCUT2D eigenvalue weighted by Gasteiger charge is 2.35. The van der Waals surface area contributed by atoms with E-state index in [0.29, 0.717) is 28.4 Å². The zero-order valence-electron chi connectivity index (χ0n) is 14.2. The van der Waals surface area contributed by atoms with E-state index in [4.69, 9.17) is 23.2 Å². The summed E-state index contributed by atoms with van der Waals surface area (Å²) in [6, 6.07) is 12.8. The lowest BCUT2D eigenvalue weighted by Crippen LogP contribution is -2.31. The molecule has 2 aromatic carbocycles. The lowest BCUT2D eigenvalue weighted by molar-refractivity contribution is 0.0718. The Kier molecular flexibility index (Phi) is 4.53. The van der Waals surface area contributed by atoms with E-state index in [9.17, 15) is 9.90 Å². The molecule has 0 aliphatic heterocycles. The largest absolute Gasteiger partial charge is 0.391 e. The van der Waals surface area contributed by atoms with Crippen LogP contribution in [0.5, 0.6) is 0 Å². The smallest absolute Gasteiger partial charge is 0.256 e. The summed E-state index contributed by atoms with van der Waals surface area (Å²) in [6.07, 6.45) is -0.0765. The number of aromatic nitrogens is 1. The minimum atomic E-state index is -0.571. The number of benzene rings is 2. The first-order valence-corrected chi connectivity index (χ1v) is 9.16. The average Bonchev–Trinajstić information content (AvgIpc) is 2.91. The Hall–Kier alpha value is -1.85. The van der Waals surface area contributed by atoms with Crippen molar-refractivity contribution in [1.82, 2.24) is 9.88 Å². The molecule has 1 aliphatic rings. The van der Waals surface area contributed by atoms with Crippen molar-refractivity contribution < 1.29 is 5.11 Å². The van der Waals surface area contributed by atoms with Gasteiger partial charge in [-0.15, -0.1) is 0 Å². The molecule has 0 saturated carbocycles. The van der Waals surface area contributed by atoms with E-state index < -0.39 is 6.10 Å². The summed E-state index contributed by atoms with van der Waals surface area (Å²) in [7, 11) is 1.92. The molecule has 4 rings (SSSR count). The van der Waals surface area contributed by atoms with Crippen LogP contribution >= 0.6 is 23.2 Å². The van der Waals surface area contributed by atoms with Gasteiger partial charge in [-0.3, -0.25) is 9.69 Å². The molecule has 0 fully saturated rings. The van der Waals surface area contributed by atoms with Crippen LogP contribution in [0.25, 0.3) is 10.8 Å². The van der Waals surface area contributed by atoms with Crippen LogP contribution < -0.4 is 5.56 Å². The van der Waals surface area contributed by atoms with E-state index in [1.54, 1.807) is 6.07 Å². The minimum absolute atomic E-state index is 0.107. The SMILES string of the molecule is CN(Cc1cc2ccccc2c(=O)[nH]1)[C@H]1c2cc(Cl)cc(Cl)c2C[C@H]1O. The van der Waals surface area contributed by atoms with Gasteiger partial charge in [-0.1, -0.05) is 41.4 Å². The molecule has 0 unspecified atom stereocenters. The Morgan fingerprint density at radius 1 is 1.23 bits per heavy atom. The number of nitrogens with one attached hydrogen (secondary N) is 1. The van der Waals surface area contributed by atoms with Crippen LogP contribution in [-0.4, -0.2) is 28.1 Å². The van der Waals surface area contributed by atoms with Crippen molar-refractivity contribution in [2.24, 2.45) is 0 Å². The number of fused-ring (bicyclic) bond motifs is 2. The van der Waals surface area contributed by atoms with Crippen LogP contribution in [0.4, 0.5) is 0 Å². The molecule has 134 valence electrons. The first kappa shape index (κ1) is 17.6. The molecule has 0 amide bonds. The minimum Gasteiger partial charge on any atom is -0.391 e. The van der Waals surface area contributed by atoms with E-state index >= 15 is 0 Å². The fourth-order valence-electron chi connectivity index (χ4n) is 3.88. The van der Waals surface area contributed by atoms with Crippen molar-refractivity contribution in [2.75, 3.05) is 7.05 Å². The number of aliphatic hydroxyl groups excluding tert-OH is 1. The Morgan fingerprint density at radius 2 is 2.00 bits per heavy atom. The number of hydrogen-bond donors (Lipinski definition) is 2. The summed E-state index contributed by atoms with van der Waals surface area (Å²) in [6.45, 7) is 0.491. The fraction of sp³-hybridized carbons (Fsp3) is 0.250. The number of halogens is 2. The molecule has 0 radical (unpaired) electrons. The van der Waals surface area contributed by atoms with Gasteiger partial charge in [0.05, 0.1) is 12.1 Å². The summed E-state index contributed by atoms with van der Waals surface area (Å²) in [5.41, 5.74) is 2.57. The summed E-state index contributed by atoms with van der Waals surface area (Å²) < 4.78 is 0. The second-order valence-corrected chi connectivity index (χ2v) is 7.64. The Bertz CT molecular complexity index is 1050. The molecular formula is C20H18Cl2N2O2. The number of aliphatic hydroxyl groups is 1. The highest BCUT2D eigenvalue weighted by molar-refractivity contribution is 6.35. The third-order valence-corrected chi connectivity index (χ3v) is 5.55. The third-order valence-electron chi connectivity index (χ3n) is 4.99. The van der Waals surface area contributed by atoms with E-state index in [1.807, 2.05) is 48.3 Å². The van der Waals surface area contributed by atoms with Gasteiger partial charge in [0.25, 0.3) is 5.56 Å². The van der Waals surface area contributed by atoms with Crippen molar-refractivity contribution >= 4 is 34.0 Å². The van der Waals surface area contributed by atoms with E-state index in [1.165, 1.54) is 0 Å². The van der Waals surface area contributed by atoms with Crippen molar-refractivity contribution in [3.8, 4) is 0 Å². The molecule has 0 bridgehead atoms. The van der Waals surface area contributed by atoms with Crippen LogP contribution in [0.15, 0.2) is 47.3 Å². The quantitative estimate of drug-likeness (QED) is 0.714. The number of rotatable bonds is 3. The number of likely N-dealkylation sites (N-methyl/N-ethyl adjacent to an activating group) is 1. The zero-order chi connectivity index (χ0) is 18.4. The first-order valence-electron chi connectivity index (χ1n) is 8.41. The van der Waals surface area contributed by atoms with Crippen molar-refractivity contribution in [3.63, 3.8) is 0 Å². The van der Waals surface area contributed by atoms with Gasteiger partial charge in [-0.25, -0.2) is 0 Å². The second-order valence-electron chi connectivity index (χ2n) is 6.80. The molecule has 1 aliphatic carbocycles. The average molecular weight is 389 g/mol. The number of hydrogen-bond acceptors (Lipinski definition) is 3. The standard InChI is InChI=1S/C20H18Cl2N2O2/c1-24(10-13-6-11-4-2-3-5-14(11)20(26)23-13)19-16-7-12(21)8-17(22)15(16)9-18(19)25/h2-8,18-19,25H,9-10H2,1H3,(H,23,26)/t18-,19+/m1/s1. The number of pyridine rings is 1. The normalized spacial score (nSPS) is 19.3. The highest BCUT2D eigenvalue weighted by atomic mass is 35.5. The van der Waals surface area contributed by atoms with Crippen LogP contribution in [0.1, 0.15) is 22.9 Å². The van der Waals surface area contributed by atoms with Gasteiger partial charge in [0, 0.05) is 34.1 Å². The summed E-state index contributed by atoms with van der Waals surface area (Å²) in [5.74, 6) is 0. The van der Waals surface area contributed by atoms with E-state index in [0.717, 1.165) is 22.2 Å². The molecular weight excluding hydrogens is 371 g/mol. The van der Waals surface area contributed by atoms with Crippen LogP contribution in [-0.2, 0) is 13.0 Å². The Balaban J connectivity index is 1.68. The molecule has 2 N–H and O–H groups in total. The summed E-state index contributed by atoms with van der Waals surface area (Å²) in [5, 5.41) is 13.3. The topological polar surface area (TPSA) is 56.3 Å². The van der Waals surface area contributed by atoms with Crippen LogP contribution in [0.3, 0.4) is 0 Å². The molecule has 1 heterocycles. The lowest BCUT2D eigenvalue weighted by Gasteiger charge is -2.28. The van der Waals surface area contributed by atoms with Gasteiger partial charge in [-0.2, -0.15) is 0 Å². The van der Waals surface area contributed by atoms with Gasteiger partial charge in [0.15, 0.2) is 0 Å². The van der Waals surface area contributed by atoms with Gasteiger partial charge < -0.3 is 10.1 Å². The molecule has 3 aromatic rings. The predicted molar refractivity (Wildman–Crippen MR) is 105 cm³/mol. The predicted octanol–water partition coefficient (Wildman–Crippen LogP) is 3.93. The van der Waals surface area contributed by atoms with Gasteiger partial charge >= 0.3 is 0 Å². The van der Waals surface area contributed by atoms with E-state index in [-0.39, 0.29) is 11.6 Å². The Morgan fingerprint density at radius 3 is 2.81 bits per heavy atom. The van der Waals surface area contributed by atoms with Gasteiger partial charge in [0.1, 0.15) is 0 Å². The van der Waals surface area contributed by atoms with Gasteiger partial charge in [0.2, 0.25) is 0 Å². The summed E-state index contributed by atoms with van der Waals surface area (Å²) in [4.78, 5) is 17.2. The maximum Gasteiger partial charge on any atom is 0.256 e. The molecule has 26 heavy (non-hydrogen) atoms. The molecule has 1 aromatic heterocycles. The van der Waals surface area contributed by atoms with Crippen LogP contribution in [0, 0.1) is 0 Å². The second kappa shape index (κ2) is 6.71. The Labute approximate surface area is 161 Å². The first-order chi connectivity index (χ1) is 12.4. The molecule has 0 saturated heterocycles. The molecule has 4 nitrogen and oxygen atoms in total. The van der Waals surface area contributed by atoms with Crippen molar-refractivity contribution in [3.05, 3.63) is 79.7 Å². The summed E-state index contributed by atoms with van der Waals surface area (Å²) >= 11 is 12.5. The van der Waals surface area contributed by atoms with Gasteiger partial charge in [-0.05, 0) is 47.8 Å². The van der Waals surface area contributed by atoms with E-state index in [2.05, 4.69) is 4.98 Å². The molecule has 2 atom stereocenters.